The van der Waals surface area contributed by atoms with Crippen LogP contribution in [0, 0.1) is 13.8 Å². The van der Waals surface area contributed by atoms with Gasteiger partial charge in [0.15, 0.2) is 17.6 Å². The van der Waals surface area contributed by atoms with Gasteiger partial charge in [-0.1, -0.05) is 17.7 Å². The summed E-state index contributed by atoms with van der Waals surface area (Å²) >= 11 is 0. The monoisotopic (exact) mass is 355 g/mol. The highest BCUT2D eigenvalue weighted by Gasteiger charge is 2.21. The lowest BCUT2D eigenvalue weighted by Gasteiger charge is -2.19. The van der Waals surface area contributed by atoms with Crippen molar-refractivity contribution in [3.05, 3.63) is 53.1 Å². The first kappa shape index (κ1) is 17.8. The summed E-state index contributed by atoms with van der Waals surface area (Å²) in [7, 11) is 0. The summed E-state index contributed by atoms with van der Waals surface area (Å²) in [5.74, 6) is 0.286. The summed E-state index contributed by atoms with van der Waals surface area (Å²) < 4.78 is 16.2. The molecule has 1 aliphatic rings. The van der Waals surface area contributed by atoms with Gasteiger partial charge in [0.05, 0.1) is 5.56 Å². The van der Waals surface area contributed by atoms with E-state index in [4.69, 9.17) is 14.2 Å². The molecule has 2 aromatic carbocycles. The second-order valence-electron chi connectivity index (χ2n) is 6.21. The molecule has 0 fully saturated rings. The van der Waals surface area contributed by atoms with Crippen LogP contribution < -0.4 is 14.8 Å². The summed E-state index contributed by atoms with van der Waals surface area (Å²) in [5, 5.41) is 2.72. The average Bonchev–Trinajstić information content (AvgIpc) is 2.63. The van der Waals surface area contributed by atoms with Crippen molar-refractivity contribution in [2.45, 2.75) is 26.9 Å². The molecule has 6 nitrogen and oxygen atoms in total. The minimum absolute atomic E-state index is 0.416. The third-order valence-electron chi connectivity index (χ3n) is 4.08. The Balaban J connectivity index is 1.64. The zero-order chi connectivity index (χ0) is 18.7. The molecule has 0 spiro atoms. The molecule has 3 rings (SSSR count). The number of anilines is 1. The Kier molecular flexibility index (Phi) is 5.11. The van der Waals surface area contributed by atoms with E-state index in [0.717, 1.165) is 11.1 Å². The molecule has 26 heavy (non-hydrogen) atoms. The summed E-state index contributed by atoms with van der Waals surface area (Å²) in [6.45, 7) is 6.24. The first-order valence-corrected chi connectivity index (χ1v) is 8.43. The number of hydrogen-bond acceptors (Lipinski definition) is 5. The van der Waals surface area contributed by atoms with Crippen molar-refractivity contribution in [3.8, 4) is 11.5 Å². The highest BCUT2D eigenvalue weighted by atomic mass is 16.6. The van der Waals surface area contributed by atoms with Crippen LogP contribution in [0.4, 0.5) is 5.69 Å². The molecule has 0 saturated carbocycles. The molecule has 0 bridgehead atoms. The molecule has 136 valence electrons. The first-order valence-electron chi connectivity index (χ1n) is 8.43. The molecule has 0 aliphatic carbocycles. The standard InChI is InChI=1S/C20H21NO5/c1-12-4-5-13(2)16(10-12)20(23)26-14(3)19(22)21-15-6-7-17-18(11-15)25-9-8-24-17/h4-7,10-11,14H,8-9H2,1-3H3,(H,21,22)/t14-/m1/s1. The largest absolute Gasteiger partial charge is 0.486 e. The van der Waals surface area contributed by atoms with Gasteiger partial charge in [0.2, 0.25) is 0 Å². The maximum atomic E-state index is 12.3. The number of carbonyl (C=O) groups excluding carboxylic acids is 2. The number of nitrogens with one attached hydrogen (secondary N) is 1. The van der Waals surface area contributed by atoms with Crippen LogP contribution in [0.25, 0.3) is 0 Å². The summed E-state index contributed by atoms with van der Waals surface area (Å²) in [4.78, 5) is 24.7. The first-order chi connectivity index (χ1) is 12.4. The van der Waals surface area contributed by atoms with Gasteiger partial charge < -0.3 is 19.5 Å². The van der Waals surface area contributed by atoms with Gasteiger partial charge in [0.1, 0.15) is 13.2 Å². The van der Waals surface area contributed by atoms with Gasteiger partial charge in [-0.3, -0.25) is 4.79 Å². The van der Waals surface area contributed by atoms with Crippen LogP contribution in [-0.4, -0.2) is 31.2 Å². The predicted octanol–water partition coefficient (Wildman–Crippen LogP) is 3.26. The number of ether oxygens (including phenoxy) is 3. The predicted molar refractivity (Wildman–Crippen MR) is 96.9 cm³/mol. The fraction of sp³-hybridized carbons (Fsp3) is 0.300. The van der Waals surface area contributed by atoms with Crippen LogP contribution in [0.2, 0.25) is 0 Å². The highest BCUT2D eigenvalue weighted by molar-refractivity contribution is 5.98. The van der Waals surface area contributed by atoms with E-state index in [1.807, 2.05) is 26.0 Å². The van der Waals surface area contributed by atoms with Crippen LogP contribution in [0.3, 0.4) is 0 Å². The van der Waals surface area contributed by atoms with E-state index in [9.17, 15) is 9.59 Å². The van der Waals surface area contributed by atoms with Crippen molar-refractivity contribution in [1.82, 2.24) is 0 Å². The van der Waals surface area contributed by atoms with Crippen molar-refractivity contribution in [2.24, 2.45) is 0 Å². The van der Waals surface area contributed by atoms with Crippen LogP contribution in [-0.2, 0) is 9.53 Å². The smallest absolute Gasteiger partial charge is 0.339 e. The maximum Gasteiger partial charge on any atom is 0.339 e. The van der Waals surface area contributed by atoms with Gasteiger partial charge in [-0.15, -0.1) is 0 Å². The van der Waals surface area contributed by atoms with Crippen molar-refractivity contribution in [3.63, 3.8) is 0 Å². The molecule has 1 amide bonds. The Morgan fingerprint density at radius 2 is 1.77 bits per heavy atom. The number of benzene rings is 2. The van der Waals surface area contributed by atoms with Gasteiger partial charge in [0.25, 0.3) is 5.91 Å². The van der Waals surface area contributed by atoms with Crippen LogP contribution in [0.15, 0.2) is 36.4 Å². The van der Waals surface area contributed by atoms with E-state index < -0.39 is 18.0 Å². The molecule has 2 aromatic rings. The molecular formula is C20H21NO5. The summed E-state index contributed by atoms with van der Waals surface area (Å²) in [5.41, 5.74) is 2.77. The van der Waals surface area contributed by atoms with Gasteiger partial charge in [-0.05, 0) is 44.5 Å². The van der Waals surface area contributed by atoms with E-state index in [1.165, 1.54) is 6.92 Å². The molecule has 0 saturated heterocycles. The van der Waals surface area contributed by atoms with Crippen LogP contribution in [0.5, 0.6) is 11.5 Å². The fourth-order valence-corrected chi connectivity index (χ4v) is 2.60. The highest BCUT2D eigenvalue weighted by Crippen LogP contribution is 2.32. The fourth-order valence-electron chi connectivity index (χ4n) is 2.60. The van der Waals surface area contributed by atoms with E-state index in [1.54, 1.807) is 24.3 Å². The number of carbonyl (C=O) groups is 2. The van der Waals surface area contributed by atoms with E-state index in [0.29, 0.717) is 36.0 Å². The molecular weight excluding hydrogens is 334 g/mol. The maximum absolute atomic E-state index is 12.3. The lowest BCUT2D eigenvalue weighted by Crippen LogP contribution is -2.30. The Morgan fingerprint density at radius 1 is 1.04 bits per heavy atom. The quantitative estimate of drug-likeness (QED) is 0.852. The van der Waals surface area contributed by atoms with Crippen molar-refractivity contribution in [1.29, 1.82) is 0 Å². The molecule has 0 radical (unpaired) electrons. The number of fused-ring (bicyclic) bond motifs is 1. The lowest BCUT2D eigenvalue weighted by atomic mass is 10.1. The third-order valence-corrected chi connectivity index (χ3v) is 4.08. The Hall–Kier alpha value is -3.02. The topological polar surface area (TPSA) is 73.9 Å². The van der Waals surface area contributed by atoms with Gasteiger partial charge in [-0.25, -0.2) is 4.79 Å². The molecule has 1 heterocycles. The van der Waals surface area contributed by atoms with E-state index in [2.05, 4.69) is 5.32 Å². The molecule has 1 N–H and O–H groups in total. The third kappa shape index (κ3) is 3.96. The SMILES string of the molecule is Cc1ccc(C)c(C(=O)O[C@H](C)C(=O)Nc2ccc3c(c2)OCCO3)c1. The second-order valence-corrected chi connectivity index (χ2v) is 6.21. The van der Waals surface area contributed by atoms with Crippen molar-refractivity contribution < 1.29 is 23.8 Å². The molecule has 0 aromatic heterocycles. The summed E-state index contributed by atoms with van der Waals surface area (Å²) in [6.07, 6.45) is -0.935. The number of amides is 1. The van der Waals surface area contributed by atoms with Crippen molar-refractivity contribution >= 4 is 17.6 Å². The minimum Gasteiger partial charge on any atom is -0.486 e. The summed E-state index contributed by atoms with van der Waals surface area (Å²) in [6, 6.07) is 10.7. The normalized spacial score (nSPS) is 13.7. The number of aryl methyl sites for hydroxylation is 2. The average molecular weight is 355 g/mol. The van der Waals surface area contributed by atoms with Crippen LogP contribution >= 0.6 is 0 Å². The molecule has 6 heteroatoms. The molecule has 0 unspecified atom stereocenters. The Morgan fingerprint density at radius 3 is 2.54 bits per heavy atom. The van der Waals surface area contributed by atoms with Gasteiger partial charge in [0, 0.05) is 11.8 Å². The Labute approximate surface area is 152 Å². The zero-order valence-electron chi connectivity index (χ0n) is 15.0. The van der Waals surface area contributed by atoms with E-state index in [-0.39, 0.29) is 0 Å². The number of hydrogen-bond donors (Lipinski definition) is 1. The molecule has 1 aliphatic heterocycles. The number of rotatable bonds is 4. The van der Waals surface area contributed by atoms with E-state index >= 15 is 0 Å². The number of esters is 1. The molecule has 1 atom stereocenters. The minimum atomic E-state index is -0.935. The zero-order valence-corrected chi connectivity index (χ0v) is 15.0. The van der Waals surface area contributed by atoms with Crippen LogP contribution in [0.1, 0.15) is 28.4 Å². The lowest BCUT2D eigenvalue weighted by molar-refractivity contribution is -0.123. The van der Waals surface area contributed by atoms with Gasteiger partial charge in [-0.2, -0.15) is 0 Å². The Bertz CT molecular complexity index is 846. The second kappa shape index (κ2) is 7.47. The van der Waals surface area contributed by atoms with Crippen molar-refractivity contribution in [2.75, 3.05) is 18.5 Å². The van der Waals surface area contributed by atoms with Gasteiger partial charge >= 0.3 is 5.97 Å².